The van der Waals surface area contributed by atoms with Crippen LogP contribution in [0.5, 0.6) is 0 Å². The molecule has 0 radical (unpaired) electrons. The molecule has 2 rings (SSSR count). The Bertz CT molecular complexity index is 341. The minimum Gasteiger partial charge on any atom is -0.384 e. The second-order valence-corrected chi connectivity index (χ2v) is 5.71. The highest BCUT2D eigenvalue weighted by atomic mass is 15.2. The van der Waals surface area contributed by atoms with Crippen molar-refractivity contribution in [3.05, 3.63) is 12.0 Å². The van der Waals surface area contributed by atoms with Crippen LogP contribution in [-0.4, -0.2) is 18.4 Å². The second kappa shape index (κ2) is 4.31. The molecule has 5 nitrogen and oxygen atoms in total. The zero-order chi connectivity index (χ0) is 12.5. The van der Waals surface area contributed by atoms with Crippen molar-refractivity contribution in [2.45, 2.75) is 38.3 Å². The van der Waals surface area contributed by atoms with Crippen molar-refractivity contribution < 1.29 is 0 Å². The summed E-state index contributed by atoms with van der Waals surface area (Å²) in [6.45, 7) is 3.00. The summed E-state index contributed by atoms with van der Waals surface area (Å²) in [6.07, 6.45) is 7.74. The van der Waals surface area contributed by atoms with Crippen LogP contribution in [0.25, 0.3) is 0 Å². The maximum atomic E-state index is 6.34. The van der Waals surface area contributed by atoms with Crippen LogP contribution in [-0.2, 0) is 0 Å². The molecule has 0 bridgehead atoms. The van der Waals surface area contributed by atoms with E-state index in [9.17, 15) is 0 Å². The molecule has 17 heavy (non-hydrogen) atoms. The van der Waals surface area contributed by atoms with Crippen molar-refractivity contribution >= 4 is 6.21 Å². The van der Waals surface area contributed by atoms with Gasteiger partial charge in [-0.3, -0.25) is 4.99 Å². The van der Waals surface area contributed by atoms with Crippen molar-refractivity contribution in [1.82, 2.24) is 5.32 Å². The Hall–Kier alpha value is -1.07. The lowest BCUT2D eigenvalue weighted by Crippen LogP contribution is -2.62. The van der Waals surface area contributed by atoms with E-state index in [1.807, 2.05) is 0 Å². The summed E-state index contributed by atoms with van der Waals surface area (Å²) in [4.78, 5) is 4.12. The molecule has 0 aromatic rings. The van der Waals surface area contributed by atoms with E-state index < -0.39 is 5.66 Å². The number of nitrogens with two attached hydrogens (primary N) is 3. The largest absolute Gasteiger partial charge is 0.384 e. The molecule has 0 amide bonds. The maximum Gasteiger partial charge on any atom is 0.126 e. The summed E-state index contributed by atoms with van der Waals surface area (Å²) in [7, 11) is 0. The van der Waals surface area contributed by atoms with E-state index in [4.69, 9.17) is 17.2 Å². The zero-order valence-electron chi connectivity index (χ0n) is 10.4. The van der Waals surface area contributed by atoms with Crippen LogP contribution in [0.3, 0.4) is 0 Å². The zero-order valence-corrected chi connectivity index (χ0v) is 10.4. The van der Waals surface area contributed by atoms with Crippen molar-refractivity contribution in [3.8, 4) is 0 Å². The third-order valence-corrected chi connectivity index (χ3v) is 4.22. The van der Waals surface area contributed by atoms with E-state index in [-0.39, 0.29) is 5.41 Å². The lowest BCUT2D eigenvalue weighted by atomic mass is 9.68. The summed E-state index contributed by atoms with van der Waals surface area (Å²) >= 11 is 0. The van der Waals surface area contributed by atoms with Gasteiger partial charge in [-0.15, -0.1) is 0 Å². The summed E-state index contributed by atoms with van der Waals surface area (Å²) in [5.41, 5.74) is 17.6. The van der Waals surface area contributed by atoms with Gasteiger partial charge in [0.2, 0.25) is 0 Å². The Morgan fingerprint density at radius 2 is 2.12 bits per heavy atom. The van der Waals surface area contributed by atoms with E-state index in [1.54, 1.807) is 12.4 Å². The highest BCUT2D eigenvalue weighted by Gasteiger charge is 2.40. The number of hydrogen-bond acceptors (Lipinski definition) is 5. The summed E-state index contributed by atoms with van der Waals surface area (Å²) in [5.74, 6) is 0.917. The van der Waals surface area contributed by atoms with Crippen LogP contribution < -0.4 is 22.5 Å². The average Bonchev–Trinajstić information content (AvgIpc) is 2.29. The van der Waals surface area contributed by atoms with E-state index >= 15 is 0 Å². The van der Waals surface area contributed by atoms with Gasteiger partial charge in [-0.2, -0.15) is 0 Å². The Labute approximate surface area is 103 Å². The SMILES string of the molecule is CC1(CN)CCC(C2(N)C=NC=C(N)N2)CC1. The molecular formula is C12H23N5. The van der Waals surface area contributed by atoms with Gasteiger partial charge in [0.15, 0.2) is 0 Å². The van der Waals surface area contributed by atoms with E-state index in [1.165, 1.54) is 0 Å². The molecule has 1 unspecified atom stereocenters. The highest BCUT2D eigenvalue weighted by Crippen LogP contribution is 2.40. The third-order valence-electron chi connectivity index (χ3n) is 4.22. The smallest absolute Gasteiger partial charge is 0.126 e. The van der Waals surface area contributed by atoms with Crippen LogP contribution in [0.1, 0.15) is 32.6 Å². The topological polar surface area (TPSA) is 102 Å². The minimum absolute atomic E-state index is 0.278. The highest BCUT2D eigenvalue weighted by molar-refractivity contribution is 5.72. The van der Waals surface area contributed by atoms with Crippen molar-refractivity contribution in [3.63, 3.8) is 0 Å². The average molecular weight is 237 g/mol. The molecule has 1 saturated carbocycles. The quantitative estimate of drug-likeness (QED) is 0.552. The van der Waals surface area contributed by atoms with Gasteiger partial charge in [0.1, 0.15) is 11.5 Å². The standard InChI is InChI=1S/C12H23N5/c1-11(7-13)4-2-9(3-5-11)12(15)8-16-6-10(14)17-12/h6,8-9,17H,2-5,7,13-15H2,1H3. The Balaban J connectivity index is 2.02. The van der Waals surface area contributed by atoms with Crippen LogP contribution in [0.2, 0.25) is 0 Å². The molecule has 0 saturated heterocycles. The Kier molecular flexibility index (Phi) is 3.14. The molecule has 1 aliphatic heterocycles. The third kappa shape index (κ3) is 2.45. The van der Waals surface area contributed by atoms with Gasteiger partial charge in [-0.05, 0) is 37.6 Å². The molecule has 0 aromatic carbocycles. The normalized spacial score (nSPS) is 41.8. The first kappa shape index (κ1) is 12.4. The second-order valence-electron chi connectivity index (χ2n) is 5.71. The van der Waals surface area contributed by atoms with Gasteiger partial charge in [0.05, 0.1) is 6.20 Å². The van der Waals surface area contributed by atoms with Gasteiger partial charge < -0.3 is 22.5 Å². The molecule has 96 valence electrons. The maximum absolute atomic E-state index is 6.34. The monoisotopic (exact) mass is 237 g/mol. The molecular weight excluding hydrogens is 214 g/mol. The van der Waals surface area contributed by atoms with E-state index in [0.717, 1.165) is 32.2 Å². The lowest BCUT2D eigenvalue weighted by molar-refractivity contribution is 0.138. The van der Waals surface area contributed by atoms with Crippen molar-refractivity contribution in [1.29, 1.82) is 0 Å². The van der Waals surface area contributed by atoms with E-state index in [2.05, 4.69) is 17.2 Å². The fourth-order valence-corrected chi connectivity index (χ4v) is 2.76. The summed E-state index contributed by atoms with van der Waals surface area (Å²) < 4.78 is 0. The van der Waals surface area contributed by atoms with E-state index in [0.29, 0.717) is 11.7 Å². The Morgan fingerprint density at radius 3 is 2.65 bits per heavy atom. The number of aliphatic imine (C=N–C) groups is 1. The number of hydrogen-bond donors (Lipinski definition) is 4. The van der Waals surface area contributed by atoms with Gasteiger partial charge in [-0.25, -0.2) is 0 Å². The first-order valence-corrected chi connectivity index (χ1v) is 6.25. The van der Waals surface area contributed by atoms with Crippen LogP contribution in [0.15, 0.2) is 17.0 Å². The number of rotatable bonds is 2. The first-order valence-electron chi connectivity index (χ1n) is 6.25. The summed E-state index contributed by atoms with van der Waals surface area (Å²) in [5, 5.41) is 3.14. The van der Waals surface area contributed by atoms with Gasteiger partial charge >= 0.3 is 0 Å². The van der Waals surface area contributed by atoms with Gasteiger partial charge in [0, 0.05) is 12.1 Å². The fourth-order valence-electron chi connectivity index (χ4n) is 2.76. The predicted octanol–water partition coefficient (Wildman–Crippen LogP) is 0.228. The molecule has 1 aliphatic carbocycles. The Morgan fingerprint density at radius 1 is 1.47 bits per heavy atom. The molecule has 5 heteroatoms. The fraction of sp³-hybridized carbons (Fsp3) is 0.750. The predicted molar refractivity (Wildman–Crippen MR) is 69.9 cm³/mol. The van der Waals surface area contributed by atoms with Crippen molar-refractivity contribution in [2.24, 2.45) is 33.5 Å². The minimum atomic E-state index is -0.589. The molecule has 7 N–H and O–H groups in total. The molecule has 1 fully saturated rings. The molecule has 1 atom stereocenters. The van der Waals surface area contributed by atoms with Gasteiger partial charge in [0.25, 0.3) is 0 Å². The number of nitrogens with one attached hydrogen (secondary N) is 1. The van der Waals surface area contributed by atoms with Crippen LogP contribution >= 0.6 is 0 Å². The number of nitrogens with zero attached hydrogens (tertiary/aromatic N) is 1. The molecule has 1 heterocycles. The molecule has 0 spiro atoms. The molecule has 2 aliphatic rings. The lowest BCUT2D eigenvalue weighted by Gasteiger charge is -2.44. The van der Waals surface area contributed by atoms with Gasteiger partial charge in [-0.1, -0.05) is 6.92 Å². The first-order chi connectivity index (χ1) is 7.97. The van der Waals surface area contributed by atoms with Crippen molar-refractivity contribution in [2.75, 3.05) is 6.54 Å². The summed E-state index contributed by atoms with van der Waals surface area (Å²) in [6, 6.07) is 0. The van der Waals surface area contributed by atoms with Crippen LogP contribution in [0.4, 0.5) is 0 Å². The van der Waals surface area contributed by atoms with Crippen LogP contribution in [0, 0.1) is 11.3 Å². The molecule has 0 aromatic heterocycles.